The van der Waals surface area contributed by atoms with Crippen molar-refractivity contribution < 1.29 is 9.34 Å². The summed E-state index contributed by atoms with van der Waals surface area (Å²) in [7, 11) is 0. The van der Waals surface area contributed by atoms with Gasteiger partial charge in [0.25, 0.3) is 5.69 Å². The molecule has 0 bridgehead atoms. The molecule has 0 saturated heterocycles. The molecule has 1 N–H and O–H groups in total. The predicted molar refractivity (Wildman–Crippen MR) is 77.9 cm³/mol. The molecule has 1 saturated carbocycles. The van der Waals surface area contributed by atoms with Crippen LogP contribution >= 0.6 is 0 Å². The molecule has 1 aromatic carbocycles. The van der Waals surface area contributed by atoms with Crippen LogP contribution < -0.4 is 5.32 Å². The molecule has 0 amide bonds. The van der Waals surface area contributed by atoms with Gasteiger partial charge in [-0.2, -0.15) is 0 Å². The van der Waals surface area contributed by atoms with Crippen molar-refractivity contribution in [2.45, 2.75) is 31.7 Å². The first kappa shape index (κ1) is 13.8. The lowest BCUT2D eigenvalue weighted by molar-refractivity contribution is -0.384. The minimum atomic E-state index is -0.414. The number of nitrogens with zero attached hydrogens (tertiary/aromatic N) is 2. The monoisotopic (exact) mass is 287 g/mol. The molecule has 110 valence electrons. The number of rotatable bonds is 7. The minimum absolute atomic E-state index is 0.0737. The van der Waals surface area contributed by atoms with Gasteiger partial charge < -0.3 is 9.73 Å². The van der Waals surface area contributed by atoms with Gasteiger partial charge in [-0.15, -0.1) is 0 Å². The molecule has 6 nitrogen and oxygen atoms in total. The normalized spacial score (nSPS) is 14.3. The molecule has 1 fully saturated rings. The third kappa shape index (κ3) is 3.66. The largest absolute Gasteiger partial charge is 0.441 e. The standard InChI is InChI=1S/C15H17N3O3/c19-18(20)13-7-3-11(4-8-13)14-10-17-15(21-14)2-1-9-16-12-5-6-12/h3-4,7-8,10,12,16H,1-2,5-6,9H2. The minimum Gasteiger partial charge on any atom is -0.441 e. The molecule has 0 unspecified atom stereocenters. The van der Waals surface area contributed by atoms with Crippen LogP contribution in [0.5, 0.6) is 0 Å². The van der Waals surface area contributed by atoms with Crippen molar-refractivity contribution in [3.05, 3.63) is 46.5 Å². The van der Waals surface area contributed by atoms with Crippen molar-refractivity contribution in [2.24, 2.45) is 0 Å². The highest BCUT2D eigenvalue weighted by atomic mass is 16.6. The van der Waals surface area contributed by atoms with Gasteiger partial charge in [0.1, 0.15) is 0 Å². The molecular weight excluding hydrogens is 270 g/mol. The number of oxazole rings is 1. The Labute approximate surface area is 122 Å². The molecule has 2 aromatic rings. The van der Waals surface area contributed by atoms with E-state index in [-0.39, 0.29) is 5.69 Å². The average molecular weight is 287 g/mol. The molecule has 0 atom stereocenters. The number of nitro benzene ring substituents is 1. The SMILES string of the molecule is O=[N+]([O-])c1ccc(-c2cnc(CCCNC3CC3)o2)cc1. The number of benzene rings is 1. The summed E-state index contributed by atoms with van der Waals surface area (Å²) in [5.41, 5.74) is 0.875. The summed E-state index contributed by atoms with van der Waals surface area (Å²) in [6.45, 7) is 0.986. The van der Waals surface area contributed by atoms with Gasteiger partial charge in [0.05, 0.1) is 11.1 Å². The van der Waals surface area contributed by atoms with E-state index >= 15 is 0 Å². The first-order chi connectivity index (χ1) is 10.2. The Morgan fingerprint density at radius 3 is 2.76 bits per heavy atom. The fraction of sp³-hybridized carbons (Fsp3) is 0.400. The Kier molecular flexibility index (Phi) is 3.96. The second-order valence-electron chi connectivity index (χ2n) is 5.25. The van der Waals surface area contributed by atoms with E-state index in [0.29, 0.717) is 11.7 Å². The topological polar surface area (TPSA) is 81.2 Å². The number of aryl methyl sites for hydroxylation is 1. The Bertz CT molecular complexity index is 617. The van der Waals surface area contributed by atoms with Crippen LogP contribution in [0.1, 0.15) is 25.2 Å². The van der Waals surface area contributed by atoms with Crippen LogP contribution in [0, 0.1) is 10.1 Å². The summed E-state index contributed by atoms with van der Waals surface area (Å²) in [6.07, 6.45) is 6.06. The van der Waals surface area contributed by atoms with Crippen LogP contribution in [0.2, 0.25) is 0 Å². The van der Waals surface area contributed by atoms with Crippen LogP contribution in [0.25, 0.3) is 11.3 Å². The van der Waals surface area contributed by atoms with Gasteiger partial charge in [-0.3, -0.25) is 10.1 Å². The fourth-order valence-electron chi connectivity index (χ4n) is 2.14. The van der Waals surface area contributed by atoms with Gasteiger partial charge in [0.15, 0.2) is 11.7 Å². The van der Waals surface area contributed by atoms with Gasteiger partial charge in [-0.1, -0.05) is 0 Å². The second-order valence-corrected chi connectivity index (χ2v) is 5.25. The number of nitrogens with one attached hydrogen (secondary N) is 1. The molecule has 1 aliphatic carbocycles. The number of aromatic nitrogens is 1. The molecule has 0 radical (unpaired) electrons. The molecular formula is C15H17N3O3. The van der Waals surface area contributed by atoms with Crippen molar-refractivity contribution in [1.82, 2.24) is 10.3 Å². The molecule has 1 aromatic heterocycles. The molecule has 1 heterocycles. The first-order valence-electron chi connectivity index (χ1n) is 7.15. The Morgan fingerprint density at radius 1 is 1.33 bits per heavy atom. The molecule has 0 aliphatic heterocycles. The van der Waals surface area contributed by atoms with E-state index in [1.54, 1.807) is 18.3 Å². The zero-order valence-corrected chi connectivity index (χ0v) is 11.6. The zero-order chi connectivity index (χ0) is 14.7. The lowest BCUT2D eigenvalue weighted by Crippen LogP contribution is -2.17. The smallest absolute Gasteiger partial charge is 0.269 e. The third-order valence-electron chi connectivity index (χ3n) is 3.49. The lowest BCUT2D eigenvalue weighted by atomic mass is 10.2. The van der Waals surface area contributed by atoms with E-state index in [9.17, 15) is 10.1 Å². The number of nitro groups is 1. The van der Waals surface area contributed by atoms with Gasteiger partial charge in [-0.25, -0.2) is 4.98 Å². The summed E-state index contributed by atoms with van der Waals surface area (Å²) >= 11 is 0. The van der Waals surface area contributed by atoms with E-state index in [2.05, 4.69) is 10.3 Å². The summed E-state index contributed by atoms with van der Waals surface area (Å²) < 4.78 is 5.68. The van der Waals surface area contributed by atoms with Crippen LogP contribution in [-0.2, 0) is 6.42 Å². The summed E-state index contributed by atoms with van der Waals surface area (Å²) in [6, 6.07) is 7.02. The molecule has 6 heteroatoms. The Morgan fingerprint density at radius 2 is 2.10 bits per heavy atom. The van der Waals surface area contributed by atoms with E-state index in [1.165, 1.54) is 25.0 Å². The Hall–Kier alpha value is -2.21. The maximum atomic E-state index is 10.6. The van der Waals surface area contributed by atoms with Crippen molar-refractivity contribution >= 4 is 5.69 Å². The maximum absolute atomic E-state index is 10.6. The molecule has 21 heavy (non-hydrogen) atoms. The van der Waals surface area contributed by atoms with E-state index in [1.807, 2.05) is 0 Å². The van der Waals surface area contributed by atoms with Crippen molar-refractivity contribution in [1.29, 1.82) is 0 Å². The van der Waals surface area contributed by atoms with E-state index in [4.69, 9.17) is 4.42 Å². The highest BCUT2D eigenvalue weighted by Gasteiger charge is 2.19. The predicted octanol–water partition coefficient (Wildman–Crippen LogP) is 2.93. The van der Waals surface area contributed by atoms with Gasteiger partial charge in [0.2, 0.25) is 0 Å². The van der Waals surface area contributed by atoms with Crippen molar-refractivity contribution in [2.75, 3.05) is 6.54 Å². The average Bonchev–Trinajstić information content (AvgIpc) is 3.20. The van der Waals surface area contributed by atoms with Gasteiger partial charge >= 0.3 is 0 Å². The van der Waals surface area contributed by atoms with Crippen LogP contribution in [0.4, 0.5) is 5.69 Å². The van der Waals surface area contributed by atoms with Gasteiger partial charge in [-0.05, 0) is 37.9 Å². The van der Waals surface area contributed by atoms with E-state index < -0.39 is 4.92 Å². The lowest BCUT2D eigenvalue weighted by Gasteiger charge is -2.00. The van der Waals surface area contributed by atoms with Crippen molar-refractivity contribution in [3.8, 4) is 11.3 Å². The molecule has 1 aliphatic rings. The summed E-state index contributed by atoms with van der Waals surface area (Å²) in [5, 5.41) is 14.1. The Balaban J connectivity index is 1.56. The third-order valence-corrected chi connectivity index (χ3v) is 3.49. The molecule has 0 spiro atoms. The quantitative estimate of drug-likeness (QED) is 0.481. The fourth-order valence-corrected chi connectivity index (χ4v) is 2.14. The molecule has 3 rings (SSSR count). The van der Waals surface area contributed by atoms with Crippen molar-refractivity contribution in [3.63, 3.8) is 0 Å². The first-order valence-corrected chi connectivity index (χ1v) is 7.15. The highest BCUT2D eigenvalue weighted by molar-refractivity contribution is 5.58. The zero-order valence-electron chi connectivity index (χ0n) is 11.6. The number of hydrogen-bond donors (Lipinski definition) is 1. The summed E-state index contributed by atoms with van der Waals surface area (Å²) in [4.78, 5) is 14.5. The number of hydrogen-bond acceptors (Lipinski definition) is 5. The van der Waals surface area contributed by atoms with Crippen LogP contribution in [0.3, 0.4) is 0 Å². The second kappa shape index (κ2) is 6.05. The number of non-ortho nitro benzene ring substituents is 1. The van der Waals surface area contributed by atoms with Gasteiger partial charge in [0, 0.05) is 30.2 Å². The highest BCUT2D eigenvalue weighted by Crippen LogP contribution is 2.23. The van der Waals surface area contributed by atoms with E-state index in [0.717, 1.165) is 31.0 Å². The van der Waals surface area contributed by atoms with Crippen LogP contribution in [-0.4, -0.2) is 22.5 Å². The summed E-state index contributed by atoms with van der Waals surface area (Å²) in [5.74, 6) is 1.36. The van der Waals surface area contributed by atoms with Crippen LogP contribution in [0.15, 0.2) is 34.9 Å². The maximum Gasteiger partial charge on any atom is 0.269 e.